The number of aromatic nitrogens is 2. The molecule has 0 saturated heterocycles. The lowest BCUT2D eigenvalue weighted by Crippen LogP contribution is -1.98. The van der Waals surface area contributed by atoms with Crippen molar-refractivity contribution < 1.29 is 5.11 Å². The quantitative estimate of drug-likeness (QED) is 0.820. The maximum absolute atomic E-state index is 9.12. The van der Waals surface area contributed by atoms with Crippen LogP contribution in [0.5, 0.6) is 0 Å². The summed E-state index contributed by atoms with van der Waals surface area (Å²) in [5.41, 5.74) is 3.15. The van der Waals surface area contributed by atoms with Crippen molar-refractivity contribution in [1.29, 1.82) is 0 Å². The number of rotatable bonds is 2. The molecular weight excluding hydrogens is 196 g/mol. The van der Waals surface area contributed by atoms with Crippen LogP contribution >= 0.6 is 11.3 Å². The zero-order valence-corrected chi connectivity index (χ0v) is 9.01. The van der Waals surface area contributed by atoms with Crippen LogP contribution in [0.3, 0.4) is 0 Å². The van der Waals surface area contributed by atoms with E-state index >= 15 is 0 Å². The molecule has 0 fully saturated rings. The van der Waals surface area contributed by atoms with Crippen LogP contribution < -0.4 is 0 Å². The maximum atomic E-state index is 9.12. The Labute approximate surface area is 86.7 Å². The monoisotopic (exact) mass is 208 g/mol. The normalized spacial score (nSPS) is 10.8. The van der Waals surface area contributed by atoms with Crippen LogP contribution in [0.25, 0.3) is 5.13 Å². The molecule has 0 radical (unpaired) electrons. The molecule has 0 amide bonds. The summed E-state index contributed by atoms with van der Waals surface area (Å²) >= 11 is 1.60. The molecule has 4 heteroatoms. The largest absolute Gasteiger partial charge is 0.392 e. The second kappa shape index (κ2) is 3.55. The van der Waals surface area contributed by atoms with Crippen LogP contribution in [0.4, 0.5) is 0 Å². The number of hydrogen-bond acceptors (Lipinski definition) is 3. The Morgan fingerprint density at radius 2 is 2.29 bits per heavy atom. The van der Waals surface area contributed by atoms with Crippen LogP contribution in [-0.2, 0) is 6.61 Å². The van der Waals surface area contributed by atoms with Crippen LogP contribution in [0.2, 0.25) is 0 Å². The topological polar surface area (TPSA) is 38.0 Å². The van der Waals surface area contributed by atoms with Gasteiger partial charge in [0.2, 0.25) is 0 Å². The highest BCUT2D eigenvalue weighted by Crippen LogP contribution is 2.21. The highest BCUT2D eigenvalue weighted by molar-refractivity contribution is 7.12. The third-order valence-electron chi connectivity index (χ3n) is 2.32. The van der Waals surface area contributed by atoms with E-state index in [2.05, 4.69) is 9.55 Å². The Balaban J connectivity index is 2.58. The minimum Gasteiger partial charge on any atom is -0.392 e. The molecule has 0 bridgehead atoms. The number of nitrogens with zero attached hydrogens (tertiary/aromatic N) is 2. The lowest BCUT2D eigenvalue weighted by Gasteiger charge is -2.04. The number of aliphatic hydroxyl groups excluding tert-OH is 1. The highest BCUT2D eigenvalue weighted by Gasteiger charge is 2.10. The molecule has 2 rings (SSSR count). The minimum absolute atomic E-state index is 0.0883. The summed E-state index contributed by atoms with van der Waals surface area (Å²) in [6.07, 6.45) is 1.79. The smallest absolute Gasteiger partial charge is 0.193 e. The second-order valence-electron chi connectivity index (χ2n) is 3.20. The van der Waals surface area contributed by atoms with Gasteiger partial charge in [0.05, 0.1) is 6.61 Å². The van der Waals surface area contributed by atoms with Crippen molar-refractivity contribution in [3.8, 4) is 5.13 Å². The summed E-state index contributed by atoms with van der Waals surface area (Å²) in [4.78, 5) is 4.26. The Morgan fingerprint density at radius 3 is 2.79 bits per heavy atom. The van der Waals surface area contributed by atoms with Gasteiger partial charge in [-0.3, -0.25) is 4.57 Å². The van der Waals surface area contributed by atoms with E-state index in [9.17, 15) is 0 Å². The number of aryl methyl sites for hydroxylation is 1. The van der Waals surface area contributed by atoms with Crippen molar-refractivity contribution in [2.24, 2.45) is 0 Å². The predicted octanol–water partition coefficient (Wildman–Crippen LogP) is 2.04. The fourth-order valence-electron chi connectivity index (χ4n) is 1.61. The van der Waals surface area contributed by atoms with Crippen molar-refractivity contribution in [1.82, 2.24) is 9.55 Å². The Hall–Kier alpha value is -1.13. The SMILES string of the molecule is Cc1cc(CO)c(C)n1-c1nccs1. The van der Waals surface area contributed by atoms with Gasteiger partial charge in [0.15, 0.2) is 5.13 Å². The highest BCUT2D eigenvalue weighted by atomic mass is 32.1. The molecular formula is C10H12N2OS. The van der Waals surface area contributed by atoms with Crippen LogP contribution in [0.15, 0.2) is 17.6 Å². The lowest BCUT2D eigenvalue weighted by molar-refractivity contribution is 0.281. The van der Waals surface area contributed by atoms with Crippen LogP contribution in [0, 0.1) is 13.8 Å². The third-order valence-corrected chi connectivity index (χ3v) is 3.07. The summed E-state index contributed by atoms with van der Waals surface area (Å²) in [5, 5.41) is 12.0. The number of aliphatic hydroxyl groups is 1. The van der Waals surface area contributed by atoms with Crippen molar-refractivity contribution >= 4 is 11.3 Å². The van der Waals surface area contributed by atoms with Crippen molar-refractivity contribution in [2.45, 2.75) is 20.5 Å². The first kappa shape index (κ1) is 9.43. The summed E-state index contributed by atoms with van der Waals surface area (Å²) in [6, 6.07) is 2.00. The first-order valence-corrected chi connectivity index (χ1v) is 5.30. The van der Waals surface area contributed by atoms with Gasteiger partial charge in [0.25, 0.3) is 0 Å². The minimum atomic E-state index is 0.0883. The first-order chi connectivity index (χ1) is 6.74. The molecule has 3 nitrogen and oxygen atoms in total. The molecule has 0 aliphatic heterocycles. The molecule has 2 aromatic rings. The second-order valence-corrected chi connectivity index (χ2v) is 4.08. The van der Waals surface area contributed by atoms with Crippen LogP contribution in [0.1, 0.15) is 17.0 Å². The summed E-state index contributed by atoms with van der Waals surface area (Å²) in [5.74, 6) is 0. The summed E-state index contributed by atoms with van der Waals surface area (Å²) in [6.45, 7) is 4.11. The standard InChI is InChI=1S/C10H12N2OS/c1-7-5-9(6-13)8(2)12(7)10-11-3-4-14-10/h3-5,13H,6H2,1-2H3. The van der Waals surface area contributed by atoms with Gasteiger partial charge in [0, 0.05) is 23.0 Å². The predicted molar refractivity (Wildman–Crippen MR) is 56.8 cm³/mol. The van der Waals surface area contributed by atoms with Crippen molar-refractivity contribution in [3.05, 3.63) is 34.6 Å². The van der Waals surface area contributed by atoms with Gasteiger partial charge in [-0.25, -0.2) is 4.98 Å². The fourth-order valence-corrected chi connectivity index (χ4v) is 2.36. The first-order valence-electron chi connectivity index (χ1n) is 4.42. The zero-order valence-electron chi connectivity index (χ0n) is 8.19. The van der Waals surface area contributed by atoms with E-state index in [1.807, 2.05) is 25.3 Å². The average Bonchev–Trinajstić information content (AvgIpc) is 2.74. The third kappa shape index (κ3) is 1.36. The molecule has 2 aromatic heterocycles. The van der Waals surface area contributed by atoms with E-state index in [4.69, 9.17) is 5.11 Å². The number of thiazole rings is 1. The maximum Gasteiger partial charge on any atom is 0.193 e. The van der Waals surface area contributed by atoms with Crippen LogP contribution in [-0.4, -0.2) is 14.7 Å². The lowest BCUT2D eigenvalue weighted by atomic mass is 10.3. The van der Waals surface area contributed by atoms with Gasteiger partial charge < -0.3 is 5.11 Å². The molecule has 0 aromatic carbocycles. The Kier molecular flexibility index (Phi) is 2.39. The van der Waals surface area contributed by atoms with E-state index in [0.29, 0.717) is 0 Å². The van der Waals surface area contributed by atoms with Crippen molar-refractivity contribution in [3.63, 3.8) is 0 Å². The van der Waals surface area contributed by atoms with Gasteiger partial charge in [-0.15, -0.1) is 11.3 Å². The average molecular weight is 208 g/mol. The van der Waals surface area contributed by atoms with Crippen molar-refractivity contribution in [2.75, 3.05) is 0 Å². The Morgan fingerprint density at radius 1 is 1.50 bits per heavy atom. The number of hydrogen-bond donors (Lipinski definition) is 1. The Bertz CT molecular complexity index is 431. The molecule has 2 heterocycles. The summed E-state index contributed by atoms with van der Waals surface area (Å²) in [7, 11) is 0. The molecule has 0 saturated carbocycles. The molecule has 0 atom stereocenters. The molecule has 0 unspecified atom stereocenters. The van der Waals surface area contributed by atoms with E-state index < -0.39 is 0 Å². The van der Waals surface area contributed by atoms with E-state index in [0.717, 1.165) is 22.1 Å². The zero-order chi connectivity index (χ0) is 10.1. The molecule has 0 spiro atoms. The van der Waals surface area contributed by atoms with Gasteiger partial charge >= 0.3 is 0 Å². The molecule has 0 aliphatic rings. The van der Waals surface area contributed by atoms with E-state index in [1.54, 1.807) is 17.5 Å². The van der Waals surface area contributed by atoms with Gasteiger partial charge in [-0.2, -0.15) is 0 Å². The van der Waals surface area contributed by atoms with Gasteiger partial charge in [-0.05, 0) is 25.5 Å². The van der Waals surface area contributed by atoms with Gasteiger partial charge in [-0.1, -0.05) is 0 Å². The molecule has 74 valence electrons. The molecule has 0 aliphatic carbocycles. The van der Waals surface area contributed by atoms with Gasteiger partial charge in [0.1, 0.15) is 0 Å². The molecule has 14 heavy (non-hydrogen) atoms. The van der Waals surface area contributed by atoms with E-state index in [-0.39, 0.29) is 6.61 Å². The van der Waals surface area contributed by atoms with E-state index in [1.165, 1.54) is 0 Å². The summed E-state index contributed by atoms with van der Waals surface area (Å²) < 4.78 is 2.07. The molecule has 1 N–H and O–H groups in total. The fraction of sp³-hybridized carbons (Fsp3) is 0.300.